The maximum atomic E-state index is 14.4. The molecule has 4 atom stereocenters. The van der Waals surface area contributed by atoms with Crippen molar-refractivity contribution in [2.75, 3.05) is 12.8 Å². The summed E-state index contributed by atoms with van der Waals surface area (Å²) in [5.41, 5.74) is 8.36. The molecule has 0 amide bonds. The van der Waals surface area contributed by atoms with Gasteiger partial charge in [-0.05, 0) is 18.7 Å². The molecule has 0 bridgehead atoms. The Bertz CT molecular complexity index is 1090. The van der Waals surface area contributed by atoms with Crippen LogP contribution in [0, 0.1) is 5.82 Å². The van der Waals surface area contributed by atoms with Crippen LogP contribution in [0.1, 0.15) is 23.6 Å². The van der Waals surface area contributed by atoms with Crippen molar-refractivity contribution in [3.05, 3.63) is 47.7 Å². The van der Waals surface area contributed by atoms with E-state index in [-0.39, 0.29) is 16.9 Å². The van der Waals surface area contributed by atoms with Crippen molar-refractivity contribution in [3.63, 3.8) is 0 Å². The third kappa shape index (κ3) is 2.85. The van der Waals surface area contributed by atoms with Crippen LogP contribution >= 0.6 is 0 Å². The Hall–Kier alpha value is -2.75. The number of hydrogen-bond donors (Lipinski definition) is 3. The molecule has 1 unspecified atom stereocenters. The molecule has 0 saturated heterocycles. The monoisotopic (exact) mass is 399 g/mol. The minimum Gasteiger partial charge on any atom is -0.487 e. The highest BCUT2D eigenvalue weighted by atomic mass is 19.1. The summed E-state index contributed by atoms with van der Waals surface area (Å²) in [5.74, 6) is 0.183. The average molecular weight is 399 g/mol. The summed E-state index contributed by atoms with van der Waals surface area (Å²) in [6.45, 7) is 1.62. The number of aromatic nitrogens is 3. The highest BCUT2D eigenvalue weighted by molar-refractivity contribution is 5.86. The van der Waals surface area contributed by atoms with Gasteiger partial charge in [-0.25, -0.2) is 14.4 Å². The van der Waals surface area contributed by atoms with Crippen LogP contribution in [0.15, 0.2) is 30.7 Å². The quantitative estimate of drug-likeness (QED) is 0.607. The normalized spacial score (nSPS) is 26.9. The lowest BCUT2D eigenvalue weighted by Gasteiger charge is -2.20. The molecular weight excluding hydrogens is 377 g/mol. The van der Waals surface area contributed by atoms with E-state index in [1.165, 1.54) is 22.7 Å². The number of rotatable bonds is 3. The average Bonchev–Trinajstić information content (AvgIpc) is 3.32. The Morgan fingerprint density at radius 3 is 2.86 bits per heavy atom. The van der Waals surface area contributed by atoms with Gasteiger partial charge in [0.2, 0.25) is 0 Å². The van der Waals surface area contributed by atoms with Crippen molar-refractivity contribution in [1.29, 1.82) is 0 Å². The molecule has 4 N–H and O–H groups in total. The second-order valence-corrected chi connectivity index (χ2v) is 7.85. The number of aliphatic hydroxyl groups is 2. The van der Waals surface area contributed by atoms with Crippen molar-refractivity contribution in [2.24, 2.45) is 0 Å². The maximum Gasteiger partial charge on any atom is 0.154 e. The molecule has 29 heavy (non-hydrogen) atoms. The summed E-state index contributed by atoms with van der Waals surface area (Å²) >= 11 is 0. The van der Waals surface area contributed by atoms with Gasteiger partial charge in [0.1, 0.15) is 41.9 Å². The molecule has 2 aromatic heterocycles. The molecular formula is C20H22FN5O3. The minimum absolute atomic E-state index is 0.0380. The van der Waals surface area contributed by atoms with E-state index < -0.39 is 30.2 Å². The second-order valence-electron chi connectivity index (χ2n) is 7.85. The van der Waals surface area contributed by atoms with E-state index in [2.05, 4.69) is 20.9 Å². The number of anilines is 1. The summed E-state index contributed by atoms with van der Waals surface area (Å²) in [4.78, 5) is 10.1. The summed E-state index contributed by atoms with van der Waals surface area (Å²) in [5, 5.41) is 21.4. The Kier molecular flexibility index (Phi) is 4.19. The zero-order valence-electron chi connectivity index (χ0n) is 15.9. The molecule has 1 aliphatic heterocycles. The zero-order chi connectivity index (χ0) is 20.3. The van der Waals surface area contributed by atoms with E-state index in [9.17, 15) is 14.6 Å². The third-order valence-electron chi connectivity index (χ3n) is 5.93. The van der Waals surface area contributed by atoms with Crippen molar-refractivity contribution in [2.45, 2.75) is 43.9 Å². The summed E-state index contributed by atoms with van der Waals surface area (Å²) in [6, 6.07) is 5.27. The molecule has 1 aliphatic carbocycles. The standard InChI is InChI=1S/C20H22FN5O3/c1-25-6-10-3-2-4-14(11(10)7-25)29-15-5-13(17(27)18(15)28)26-8-12(21)16-19(22)23-9-24-20(16)26/h2-4,8-9,13,15,17-18,27-28H,5-7H2,1H3,(H2,22,23,24)/t13-,15?,17-,18+/m0/s1. The molecule has 1 fully saturated rings. The zero-order valence-corrected chi connectivity index (χ0v) is 15.9. The van der Waals surface area contributed by atoms with Gasteiger partial charge in [0.15, 0.2) is 5.82 Å². The number of fused-ring (bicyclic) bond motifs is 2. The number of benzene rings is 1. The van der Waals surface area contributed by atoms with Gasteiger partial charge in [-0.1, -0.05) is 12.1 Å². The first-order valence-corrected chi connectivity index (χ1v) is 9.52. The van der Waals surface area contributed by atoms with Crippen molar-refractivity contribution in [3.8, 4) is 5.75 Å². The fourth-order valence-corrected chi connectivity index (χ4v) is 4.50. The lowest BCUT2D eigenvalue weighted by molar-refractivity contribution is -0.0166. The van der Waals surface area contributed by atoms with Gasteiger partial charge < -0.3 is 25.3 Å². The van der Waals surface area contributed by atoms with Gasteiger partial charge in [-0.2, -0.15) is 0 Å². The Balaban J connectivity index is 1.45. The van der Waals surface area contributed by atoms with Crippen molar-refractivity contribution in [1.82, 2.24) is 19.4 Å². The van der Waals surface area contributed by atoms with E-state index in [0.717, 1.165) is 18.7 Å². The fourth-order valence-electron chi connectivity index (χ4n) is 4.50. The lowest BCUT2D eigenvalue weighted by atomic mass is 10.1. The van der Waals surface area contributed by atoms with Crippen LogP contribution in [-0.4, -0.2) is 55.0 Å². The first-order valence-electron chi connectivity index (χ1n) is 9.52. The minimum atomic E-state index is -1.13. The van der Waals surface area contributed by atoms with Gasteiger partial charge in [0.05, 0.1) is 11.4 Å². The molecule has 8 nitrogen and oxygen atoms in total. The predicted octanol–water partition coefficient (Wildman–Crippen LogP) is 1.21. The Morgan fingerprint density at radius 2 is 2.03 bits per heavy atom. The number of halogens is 1. The van der Waals surface area contributed by atoms with Gasteiger partial charge in [0.25, 0.3) is 0 Å². The second kappa shape index (κ2) is 6.65. The van der Waals surface area contributed by atoms with Crippen LogP contribution in [0.4, 0.5) is 10.2 Å². The molecule has 3 aromatic rings. The lowest BCUT2D eigenvalue weighted by Crippen LogP contribution is -2.34. The summed E-state index contributed by atoms with van der Waals surface area (Å²) in [7, 11) is 2.03. The van der Waals surface area contributed by atoms with Crippen LogP contribution in [0.5, 0.6) is 5.75 Å². The van der Waals surface area contributed by atoms with E-state index in [1.807, 2.05) is 19.2 Å². The molecule has 152 valence electrons. The van der Waals surface area contributed by atoms with Crippen LogP contribution < -0.4 is 10.5 Å². The molecule has 9 heteroatoms. The highest BCUT2D eigenvalue weighted by Crippen LogP contribution is 2.39. The van der Waals surface area contributed by atoms with Crippen LogP contribution in [-0.2, 0) is 13.1 Å². The number of nitrogens with zero attached hydrogens (tertiary/aromatic N) is 4. The van der Waals surface area contributed by atoms with E-state index >= 15 is 0 Å². The molecule has 1 saturated carbocycles. The molecule has 3 heterocycles. The molecule has 0 radical (unpaired) electrons. The van der Waals surface area contributed by atoms with Gasteiger partial charge in [-0.3, -0.25) is 4.90 Å². The van der Waals surface area contributed by atoms with Gasteiger partial charge >= 0.3 is 0 Å². The summed E-state index contributed by atoms with van der Waals surface area (Å²) < 4.78 is 22.1. The molecule has 0 spiro atoms. The van der Waals surface area contributed by atoms with Crippen LogP contribution in [0.2, 0.25) is 0 Å². The van der Waals surface area contributed by atoms with Crippen LogP contribution in [0.3, 0.4) is 0 Å². The van der Waals surface area contributed by atoms with E-state index in [4.69, 9.17) is 10.5 Å². The third-order valence-corrected chi connectivity index (χ3v) is 5.93. The Labute approximate surface area is 166 Å². The van der Waals surface area contributed by atoms with Crippen molar-refractivity contribution < 1.29 is 19.3 Å². The predicted molar refractivity (Wildman–Crippen MR) is 104 cm³/mol. The fraction of sp³-hybridized carbons (Fsp3) is 0.400. The number of nitrogens with two attached hydrogens (primary N) is 1. The Morgan fingerprint density at radius 1 is 1.21 bits per heavy atom. The number of hydrogen-bond acceptors (Lipinski definition) is 7. The molecule has 2 aliphatic rings. The van der Waals surface area contributed by atoms with Crippen LogP contribution in [0.25, 0.3) is 11.0 Å². The first kappa shape index (κ1) is 18.3. The van der Waals surface area contributed by atoms with E-state index in [0.29, 0.717) is 12.2 Å². The van der Waals surface area contributed by atoms with Crippen molar-refractivity contribution >= 4 is 16.9 Å². The topological polar surface area (TPSA) is 110 Å². The smallest absolute Gasteiger partial charge is 0.154 e. The maximum absolute atomic E-state index is 14.4. The number of aliphatic hydroxyl groups excluding tert-OH is 2. The SMILES string of the molecule is CN1Cc2cccc(OC3C[C@H](n4cc(F)c5c(N)ncnc54)[C@H](O)[C@@H]3O)c2C1. The summed E-state index contributed by atoms with van der Waals surface area (Å²) in [6.07, 6.45) is -0.0844. The highest BCUT2D eigenvalue weighted by Gasteiger charge is 2.45. The number of ether oxygens (including phenoxy) is 1. The van der Waals surface area contributed by atoms with Gasteiger partial charge in [-0.15, -0.1) is 0 Å². The largest absolute Gasteiger partial charge is 0.487 e. The van der Waals surface area contributed by atoms with E-state index in [1.54, 1.807) is 0 Å². The van der Waals surface area contributed by atoms with Gasteiger partial charge in [0, 0.05) is 31.3 Å². The number of nitrogen functional groups attached to an aromatic ring is 1. The molecule has 5 rings (SSSR count). The first-order chi connectivity index (χ1) is 13.9. The molecule has 1 aromatic carbocycles.